The molecule has 0 unspecified atom stereocenters. The van der Waals surface area contributed by atoms with Gasteiger partial charge in [-0.2, -0.15) is 8.42 Å². The predicted molar refractivity (Wildman–Crippen MR) is 73.1 cm³/mol. The van der Waals surface area contributed by atoms with E-state index in [-0.39, 0.29) is 5.56 Å². The first-order chi connectivity index (χ1) is 9.30. The second-order valence-corrected chi connectivity index (χ2v) is 5.63. The second-order valence-electron chi connectivity index (χ2n) is 4.24. The van der Waals surface area contributed by atoms with E-state index < -0.39 is 25.6 Å². The van der Waals surface area contributed by atoms with Crippen LogP contribution < -0.4 is 0 Å². The quantitative estimate of drug-likeness (QED) is 0.533. The molecular weight excluding hydrogens is 282 g/mol. The van der Waals surface area contributed by atoms with Crippen LogP contribution in [0.2, 0.25) is 0 Å². The first-order valence-electron chi connectivity index (χ1n) is 5.62. The summed E-state index contributed by atoms with van der Waals surface area (Å²) in [5.41, 5.74) is 0.757. The number of benzene rings is 2. The monoisotopic (exact) mass is 293 g/mol. The maximum atomic E-state index is 11.3. The van der Waals surface area contributed by atoms with Gasteiger partial charge in [0.15, 0.2) is 4.90 Å². The maximum Gasteiger partial charge on any atom is 0.301 e. The van der Waals surface area contributed by atoms with Crippen LogP contribution in [0.15, 0.2) is 47.4 Å². The highest BCUT2D eigenvalue weighted by atomic mass is 32.2. The van der Waals surface area contributed by atoms with Crippen molar-refractivity contribution in [2.45, 2.75) is 11.8 Å². The van der Waals surface area contributed by atoms with Crippen molar-refractivity contribution in [3.8, 4) is 11.1 Å². The zero-order chi connectivity index (χ0) is 14.9. The molecule has 20 heavy (non-hydrogen) atoms. The summed E-state index contributed by atoms with van der Waals surface area (Å²) in [6, 6.07) is 11.4. The van der Waals surface area contributed by atoms with E-state index in [9.17, 15) is 23.1 Å². The Kier molecular flexibility index (Phi) is 3.56. The molecule has 0 radical (unpaired) electrons. The lowest BCUT2D eigenvalue weighted by molar-refractivity contribution is -0.388. The van der Waals surface area contributed by atoms with E-state index in [0.29, 0.717) is 11.1 Å². The highest BCUT2D eigenvalue weighted by Gasteiger charge is 2.27. The molecule has 0 saturated heterocycles. The van der Waals surface area contributed by atoms with Gasteiger partial charge in [-0.3, -0.25) is 14.7 Å². The molecular formula is C13H11NO5S. The SMILES string of the molecule is Cc1cc(-c2ccccc2)cc(S(=O)(=O)O)c1[N+](=O)[O-]. The Morgan fingerprint density at radius 3 is 2.20 bits per heavy atom. The van der Waals surface area contributed by atoms with Crippen LogP contribution in [0, 0.1) is 17.0 Å². The molecule has 2 aromatic rings. The molecule has 0 aliphatic carbocycles. The minimum Gasteiger partial charge on any atom is -0.282 e. The molecule has 0 fully saturated rings. The van der Waals surface area contributed by atoms with Gasteiger partial charge in [-0.25, -0.2) is 0 Å². The molecule has 0 spiro atoms. The topological polar surface area (TPSA) is 97.5 Å². The predicted octanol–water partition coefficient (Wildman–Crippen LogP) is 2.82. The zero-order valence-corrected chi connectivity index (χ0v) is 11.3. The van der Waals surface area contributed by atoms with Gasteiger partial charge >= 0.3 is 10.1 Å². The van der Waals surface area contributed by atoms with Gasteiger partial charge in [0.25, 0.3) is 5.69 Å². The highest BCUT2D eigenvalue weighted by Crippen LogP contribution is 2.33. The number of hydrogen-bond donors (Lipinski definition) is 1. The lowest BCUT2D eigenvalue weighted by Gasteiger charge is -2.07. The Morgan fingerprint density at radius 2 is 1.70 bits per heavy atom. The summed E-state index contributed by atoms with van der Waals surface area (Å²) < 4.78 is 31.9. The smallest absolute Gasteiger partial charge is 0.282 e. The second kappa shape index (κ2) is 5.03. The van der Waals surface area contributed by atoms with Crippen molar-refractivity contribution in [2.24, 2.45) is 0 Å². The van der Waals surface area contributed by atoms with E-state index >= 15 is 0 Å². The molecule has 0 aliphatic heterocycles. The number of hydrogen-bond acceptors (Lipinski definition) is 4. The summed E-state index contributed by atoms with van der Waals surface area (Å²) in [6.07, 6.45) is 0. The van der Waals surface area contributed by atoms with Gasteiger partial charge in [-0.15, -0.1) is 0 Å². The normalized spacial score (nSPS) is 11.3. The summed E-state index contributed by atoms with van der Waals surface area (Å²) in [5, 5.41) is 11.0. The first kappa shape index (κ1) is 14.2. The van der Waals surface area contributed by atoms with E-state index in [2.05, 4.69) is 0 Å². The van der Waals surface area contributed by atoms with Gasteiger partial charge in [0.1, 0.15) is 0 Å². The lowest BCUT2D eigenvalue weighted by atomic mass is 10.0. The molecule has 6 nitrogen and oxygen atoms in total. The number of nitrogens with zero attached hydrogens (tertiary/aromatic N) is 1. The van der Waals surface area contributed by atoms with Crippen LogP contribution in [-0.2, 0) is 10.1 Å². The van der Waals surface area contributed by atoms with E-state index in [4.69, 9.17) is 0 Å². The molecule has 2 rings (SSSR count). The van der Waals surface area contributed by atoms with Gasteiger partial charge in [-0.1, -0.05) is 30.3 Å². The Balaban J connectivity index is 2.78. The fourth-order valence-corrected chi connectivity index (χ4v) is 2.73. The summed E-state index contributed by atoms with van der Waals surface area (Å²) in [6.45, 7) is 1.43. The molecule has 7 heteroatoms. The summed E-state index contributed by atoms with van der Waals surface area (Å²) >= 11 is 0. The number of nitro groups is 1. The fraction of sp³-hybridized carbons (Fsp3) is 0.0769. The van der Waals surface area contributed by atoms with Gasteiger partial charge in [-0.05, 0) is 30.2 Å². The Bertz CT molecular complexity index is 769. The molecule has 0 saturated carbocycles. The van der Waals surface area contributed by atoms with E-state index in [0.717, 1.165) is 6.07 Å². The average Bonchev–Trinajstić information content (AvgIpc) is 2.37. The van der Waals surface area contributed by atoms with Gasteiger partial charge < -0.3 is 0 Å². The molecule has 0 atom stereocenters. The minimum absolute atomic E-state index is 0.170. The summed E-state index contributed by atoms with van der Waals surface area (Å²) in [5.74, 6) is 0. The summed E-state index contributed by atoms with van der Waals surface area (Å²) in [7, 11) is -4.67. The zero-order valence-electron chi connectivity index (χ0n) is 10.5. The minimum atomic E-state index is -4.67. The largest absolute Gasteiger partial charge is 0.301 e. The van der Waals surface area contributed by atoms with Crippen LogP contribution >= 0.6 is 0 Å². The molecule has 0 bridgehead atoms. The molecule has 0 heterocycles. The maximum absolute atomic E-state index is 11.3. The molecule has 1 N–H and O–H groups in total. The van der Waals surface area contributed by atoms with Gasteiger partial charge in [0.05, 0.1) is 4.92 Å². The van der Waals surface area contributed by atoms with Crippen molar-refractivity contribution in [3.05, 3.63) is 58.1 Å². The first-order valence-corrected chi connectivity index (χ1v) is 7.06. The van der Waals surface area contributed by atoms with Crippen molar-refractivity contribution >= 4 is 15.8 Å². The van der Waals surface area contributed by atoms with Gasteiger partial charge in [0, 0.05) is 5.56 Å². The Morgan fingerprint density at radius 1 is 1.10 bits per heavy atom. The highest BCUT2D eigenvalue weighted by molar-refractivity contribution is 7.86. The third-order valence-corrected chi connectivity index (χ3v) is 3.70. The van der Waals surface area contributed by atoms with Crippen LogP contribution in [0.1, 0.15) is 5.56 Å². The number of nitro benzene ring substituents is 1. The lowest BCUT2D eigenvalue weighted by Crippen LogP contribution is -2.05. The molecule has 0 aliphatic rings. The third kappa shape index (κ3) is 2.68. The van der Waals surface area contributed by atoms with Crippen LogP contribution in [0.25, 0.3) is 11.1 Å². The fourth-order valence-electron chi connectivity index (χ4n) is 1.98. The van der Waals surface area contributed by atoms with E-state index in [1.807, 2.05) is 0 Å². The molecule has 0 aromatic heterocycles. The Hall–Kier alpha value is -2.25. The van der Waals surface area contributed by atoms with Crippen LogP contribution in [0.4, 0.5) is 5.69 Å². The van der Waals surface area contributed by atoms with Crippen molar-refractivity contribution < 1.29 is 17.9 Å². The van der Waals surface area contributed by atoms with E-state index in [1.54, 1.807) is 30.3 Å². The Labute approximate surface area is 115 Å². The van der Waals surface area contributed by atoms with Crippen molar-refractivity contribution in [2.75, 3.05) is 0 Å². The van der Waals surface area contributed by atoms with Crippen molar-refractivity contribution in [1.29, 1.82) is 0 Å². The molecule has 2 aromatic carbocycles. The van der Waals surface area contributed by atoms with Gasteiger partial charge in [0.2, 0.25) is 0 Å². The van der Waals surface area contributed by atoms with E-state index in [1.165, 1.54) is 13.0 Å². The number of aryl methyl sites for hydroxylation is 1. The third-order valence-electron chi connectivity index (χ3n) is 2.83. The van der Waals surface area contributed by atoms with Crippen molar-refractivity contribution in [3.63, 3.8) is 0 Å². The molecule has 104 valence electrons. The van der Waals surface area contributed by atoms with Crippen LogP contribution in [0.3, 0.4) is 0 Å². The van der Waals surface area contributed by atoms with Crippen LogP contribution in [-0.4, -0.2) is 17.9 Å². The number of rotatable bonds is 3. The van der Waals surface area contributed by atoms with Crippen LogP contribution in [0.5, 0.6) is 0 Å². The molecule has 0 amide bonds. The standard InChI is InChI=1S/C13H11NO5S/c1-9-7-11(10-5-3-2-4-6-10)8-12(20(17,18)19)13(9)14(15)16/h2-8H,1H3,(H,17,18,19). The van der Waals surface area contributed by atoms with Crippen molar-refractivity contribution in [1.82, 2.24) is 0 Å². The average molecular weight is 293 g/mol. The summed E-state index contributed by atoms with van der Waals surface area (Å²) in [4.78, 5) is 9.46.